The minimum atomic E-state index is -1.67. The Kier molecular flexibility index (Phi) is 2.11. The second kappa shape index (κ2) is 3.23. The van der Waals surface area contributed by atoms with Gasteiger partial charge < -0.3 is 14.6 Å². The van der Waals surface area contributed by atoms with Gasteiger partial charge in [-0.15, -0.1) is 0 Å². The first kappa shape index (κ1) is 10.5. The summed E-state index contributed by atoms with van der Waals surface area (Å²) in [5, 5.41) is 9.12. The van der Waals surface area contributed by atoms with E-state index in [-0.39, 0.29) is 11.1 Å². The molecule has 1 unspecified atom stereocenters. The van der Waals surface area contributed by atoms with E-state index in [2.05, 4.69) is 0 Å². The molecule has 1 aromatic carbocycles. The molecular formula is C11H10O5. The van der Waals surface area contributed by atoms with Gasteiger partial charge >= 0.3 is 11.9 Å². The fraction of sp³-hybridized carbons (Fsp3) is 0.273. The van der Waals surface area contributed by atoms with E-state index in [1.165, 1.54) is 20.1 Å². The zero-order valence-electron chi connectivity index (χ0n) is 8.81. The summed E-state index contributed by atoms with van der Waals surface area (Å²) < 4.78 is 9.96. The van der Waals surface area contributed by atoms with Crippen LogP contribution >= 0.6 is 0 Å². The van der Waals surface area contributed by atoms with Crippen LogP contribution in [0.4, 0.5) is 0 Å². The number of ether oxygens (including phenoxy) is 2. The van der Waals surface area contributed by atoms with E-state index in [9.17, 15) is 9.59 Å². The number of aliphatic carboxylic acids is 1. The Morgan fingerprint density at radius 3 is 2.75 bits per heavy atom. The lowest BCUT2D eigenvalue weighted by Gasteiger charge is -2.19. The summed E-state index contributed by atoms with van der Waals surface area (Å²) >= 11 is 0. The van der Waals surface area contributed by atoms with Crippen LogP contribution in [-0.2, 0) is 15.1 Å². The molecule has 1 aliphatic heterocycles. The number of carbonyl (C=O) groups excluding carboxylic acids is 1. The van der Waals surface area contributed by atoms with E-state index in [1.54, 1.807) is 12.1 Å². The van der Waals surface area contributed by atoms with Gasteiger partial charge in [0.2, 0.25) is 5.60 Å². The molecule has 0 spiro atoms. The summed E-state index contributed by atoms with van der Waals surface area (Å²) in [6.07, 6.45) is 0. The molecule has 5 nitrogen and oxygen atoms in total. The van der Waals surface area contributed by atoms with Gasteiger partial charge in [0.15, 0.2) is 0 Å². The Bertz CT molecular complexity index is 479. The van der Waals surface area contributed by atoms with Crippen molar-refractivity contribution < 1.29 is 24.2 Å². The molecule has 0 fully saturated rings. The topological polar surface area (TPSA) is 72.8 Å². The van der Waals surface area contributed by atoms with Gasteiger partial charge in [0.25, 0.3) is 0 Å². The van der Waals surface area contributed by atoms with E-state index < -0.39 is 17.5 Å². The number of carboxylic acid groups (broad SMARTS) is 1. The zero-order chi connectivity index (χ0) is 11.9. The first-order chi connectivity index (χ1) is 7.50. The molecule has 1 aliphatic rings. The van der Waals surface area contributed by atoms with Crippen LogP contribution < -0.4 is 4.74 Å². The molecule has 1 atom stereocenters. The molecule has 1 heterocycles. The molecule has 0 radical (unpaired) electrons. The molecule has 5 heteroatoms. The smallest absolute Gasteiger partial charge is 0.352 e. The number of hydrogen-bond donors (Lipinski definition) is 1. The SMILES string of the molecule is COc1cccc2c1C(C)(C(=O)O)OC2=O. The minimum Gasteiger partial charge on any atom is -0.496 e. The summed E-state index contributed by atoms with van der Waals surface area (Å²) in [7, 11) is 1.42. The van der Waals surface area contributed by atoms with Gasteiger partial charge in [-0.05, 0) is 19.1 Å². The van der Waals surface area contributed by atoms with Crippen LogP contribution in [0, 0.1) is 0 Å². The molecule has 0 saturated heterocycles. The van der Waals surface area contributed by atoms with Crippen molar-refractivity contribution >= 4 is 11.9 Å². The predicted octanol–water partition coefficient (Wildman–Crippen LogP) is 1.17. The van der Waals surface area contributed by atoms with Crippen LogP contribution in [0.2, 0.25) is 0 Å². The van der Waals surface area contributed by atoms with Crippen LogP contribution in [0.15, 0.2) is 18.2 Å². The van der Waals surface area contributed by atoms with Gasteiger partial charge in [0, 0.05) is 0 Å². The fourth-order valence-corrected chi connectivity index (χ4v) is 1.81. The molecule has 2 rings (SSSR count). The van der Waals surface area contributed by atoms with E-state index >= 15 is 0 Å². The highest BCUT2D eigenvalue weighted by Gasteiger charge is 2.50. The standard InChI is InChI=1S/C11H10O5/c1-11(10(13)14)8-6(9(12)16-11)4-3-5-7(8)15-2/h3-5H,1-2H3,(H,13,14). The highest BCUT2D eigenvalue weighted by Crippen LogP contribution is 2.41. The van der Waals surface area contributed by atoms with Crippen LogP contribution in [-0.4, -0.2) is 24.2 Å². The molecule has 0 aliphatic carbocycles. The highest BCUT2D eigenvalue weighted by atomic mass is 16.6. The van der Waals surface area contributed by atoms with E-state index in [0.717, 1.165) is 0 Å². The van der Waals surface area contributed by atoms with Crippen molar-refractivity contribution in [1.29, 1.82) is 0 Å². The molecule has 84 valence electrons. The van der Waals surface area contributed by atoms with E-state index in [0.29, 0.717) is 5.75 Å². The number of carbonyl (C=O) groups is 2. The molecule has 1 aromatic rings. The van der Waals surface area contributed by atoms with Crippen molar-refractivity contribution in [2.75, 3.05) is 7.11 Å². The van der Waals surface area contributed by atoms with Crippen molar-refractivity contribution in [3.63, 3.8) is 0 Å². The molecular weight excluding hydrogens is 212 g/mol. The number of hydrogen-bond acceptors (Lipinski definition) is 4. The second-order valence-corrected chi connectivity index (χ2v) is 3.61. The monoisotopic (exact) mass is 222 g/mol. The van der Waals surface area contributed by atoms with Crippen molar-refractivity contribution in [3.8, 4) is 5.75 Å². The maximum Gasteiger partial charge on any atom is 0.352 e. The van der Waals surface area contributed by atoms with Gasteiger partial charge in [0.05, 0.1) is 18.2 Å². The average molecular weight is 222 g/mol. The number of cyclic esters (lactones) is 1. The molecule has 1 N–H and O–H groups in total. The Balaban J connectivity index is 2.72. The summed E-state index contributed by atoms with van der Waals surface area (Å²) in [5.74, 6) is -1.52. The van der Waals surface area contributed by atoms with Gasteiger partial charge in [-0.3, -0.25) is 0 Å². The molecule has 0 amide bonds. The minimum absolute atomic E-state index is 0.240. The largest absolute Gasteiger partial charge is 0.496 e. The number of benzene rings is 1. The molecule has 16 heavy (non-hydrogen) atoms. The number of rotatable bonds is 2. The van der Waals surface area contributed by atoms with Crippen LogP contribution in [0.5, 0.6) is 5.75 Å². The van der Waals surface area contributed by atoms with Crippen molar-refractivity contribution in [3.05, 3.63) is 29.3 Å². The van der Waals surface area contributed by atoms with E-state index in [4.69, 9.17) is 14.6 Å². The first-order valence-corrected chi connectivity index (χ1v) is 4.65. The van der Waals surface area contributed by atoms with Gasteiger partial charge in [-0.1, -0.05) is 6.07 Å². The lowest BCUT2D eigenvalue weighted by Crippen LogP contribution is -2.32. The van der Waals surface area contributed by atoms with Crippen molar-refractivity contribution in [1.82, 2.24) is 0 Å². The average Bonchev–Trinajstić information content (AvgIpc) is 2.53. The van der Waals surface area contributed by atoms with Gasteiger partial charge in [0.1, 0.15) is 5.75 Å². The molecule has 0 aromatic heterocycles. The number of fused-ring (bicyclic) bond motifs is 1. The maximum absolute atomic E-state index is 11.5. The normalized spacial score (nSPS) is 22.5. The van der Waals surface area contributed by atoms with Crippen LogP contribution in [0.3, 0.4) is 0 Å². The van der Waals surface area contributed by atoms with E-state index in [1.807, 2.05) is 0 Å². The Hall–Kier alpha value is -2.04. The Labute approximate surface area is 91.6 Å². The third-order valence-corrected chi connectivity index (χ3v) is 2.65. The Morgan fingerprint density at radius 1 is 1.50 bits per heavy atom. The van der Waals surface area contributed by atoms with Gasteiger partial charge in [-0.2, -0.15) is 0 Å². The maximum atomic E-state index is 11.5. The molecule has 0 saturated carbocycles. The molecule has 0 bridgehead atoms. The highest BCUT2D eigenvalue weighted by molar-refractivity contribution is 6.01. The number of carboxylic acids is 1. The van der Waals surface area contributed by atoms with Crippen LogP contribution in [0.25, 0.3) is 0 Å². The first-order valence-electron chi connectivity index (χ1n) is 4.65. The van der Waals surface area contributed by atoms with Crippen molar-refractivity contribution in [2.24, 2.45) is 0 Å². The Morgan fingerprint density at radius 2 is 2.19 bits per heavy atom. The fourth-order valence-electron chi connectivity index (χ4n) is 1.81. The summed E-state index contributed by atoms with van der Waals surface area (Å²) in [6.45, 7) is 1.33. The lowest BCUT2D eigenvalue weighted by atomic mass is 9.93. The third kappa shape index (κ3) is 1.18. The summed E-state index contributed by atoms with van der Waals surface area (Å²) in [6, 6.07) is 4.74. The second-order valence-electron chi connectivity index (χ2n) is 3.61. The van der Waals surface area contributed by atoms with Crippen LogP contribution in [0.1, 0.15) is 22.8 Å². The summed E-state index contributed by atoms with van der Waals surface area (Å²) in [5.41, 5.74) is -1.15. The number of esters is 1. The lowest BCUT2D eigenvalue weighted by molar-refractivity contribution is -0.157. The quantitative estimate of drug-likeness (QED) is 0.760. The summed E-state index contributed by atoms with van der Waals surface area (Å²) in [4.78, 5) is 22.7. The zero-order valence-corrected chi connectivity index (χ0v) is 8.81. The third-order valence-electron chi connectivity index (χ3n) is 2.65. The predicted molar refractivity (Wildman–Crippen MR) is 53.4 cm³/mol. The van der Waals surface area contributed by atoms with Gasteiger partial charge in [-0.25, -0.2) is 9.59 Å². The number of methoxy groups -OCH3 is 1. The van der Waals surface area contributed by atoms with Crippen molar-refractivity contribution in [2.45, 2.75) is 12.5 Å².